The number of alkyl halides is 1. The molecular formula is C27H23Cl2FN2O3. The van der Waals surface area contributed by atoms with Gasteiger partial charge in [0.05, 0.1) is 6.61 Å². The number of benzene rings is 3. The SMILES string of the molecule is O=C(Oc1ccc(F)cc1)N1CCc2c([nH]c3ccc(Cl)cc23)C1c1ccc(OCCCCl)cc1. The average molecular weight is 513 g/mol. The molecule has 0 saturated heterocycles. The molecule has 1 aliphatic heterocycles. The van der Waals surface area contributed by atoms with Crippen molar-refractivity contribution in [1.29, 1.82) is 0 Å². The number of amides is 1. The third-order valence-electron chi connectivity index (χ3n) is 6.08. The quantitative estimate of drug-likeness (QED) is 0.221. The number of carbonyl (C=O) groups is 1. The smallest absolute Gasteiger partial charge is 0.416 e. The Bertz CT molecular complexity index is 1340. The molecule has 3 aromatic carbocycles. The Balaban J connectivity index is 1.51. The number of ether oxygens (including phenoxy) is 2. The number of hydrogen-bond acceptors (Lipinski definition) is 3. The highest BCUT2D eigenvalue weighted by Crippen LogP contribution is 2.40. The van der Waals surface area contributed by atoms with Crippen molar-refractivity contribution >= 4 is 40.2 Å². The van der Waals surface area contributed by atoms with Crippen LogP contribution in [0.3, 0.4) is 0 Å². The van der Waals surface area contributed by atoms with Crippen LogP contribution in [0.4, 0.5) is 9.18 Å². The number of nitrogens with zero attached hydrogens (tertiary/aromatic N) is 1. The first-order valence-electron chi connectivity index (χ1n) is 11.4. The third-order valence-corrected chi connectivity index (χ3v) is 6.59. The molecule has 1 atom stereocenters. The summed E-state index contributed by atoms with van der Waals surface area (Å²) in [6, 6.07) is 18.4. The molecule has 5 nitrogen and oxygen atoms in total. The van der Waals surface area contributed by atoms with Crippen LogP contribution in [0.25, 0.3) is 10.9 Å². The predicted octanol–water partition coefficient (Wildman–Crippen LogP) is 7.11. The van der Waals surface area contributed by atoms with Crippen molar-refractivity contribution in [3.63, 3.8) is 0 Å². The van der Waals surface area contributed by atoms with Gasteiger partial charge in [-0.05, 0) is 78.6 Å². The van der Waals surface area contributed by atoms with Crippen LogP contribution in [-0.4, -0.2) is 35.0 Å². The molecule has 180 valence electrons. The molecule has 0 spiro atoms. The van der Waals surface area contributed by atoms with E-state index in [9.17, 15) is 9.18 Å². The van der Waals surface area contributed by atoms with Crippen molar-refractivity contribution in [1.82, 2.24) is 9.88 Å². The minimum Gasteiger partial charge on any atom is -0.494 e. The topological polar surface area (TPSA) is 54.6 Å². The van der Waals surface area contributed by atoms with E-state index in [1.54, 1.807) is 4.90 Å². The van der Waals surface area contributed by atoms with E-state index in [1.165, 1.54) is 24.3 Å². The Kier molecular flexibility index (Phi) is 6.84. The first-order valence-corrected chi connectivity index (χ1v) is 12.3. The second kappa shape index (κ2) is 10.2. The highest BCUT2D eigenvalue weighted by Gasteiger charge is 2.35. The van der Waals surface area contributed by atoms with Crippen LogP contribution < -0.4 is 9.47 Å². The molecule has 1 aromatic heterocycles. The lowest BCUT2D eigenvalue weighted by Gasteiger charge is -2.35. The number of nitrogens with one attached hydrogen (secondary N) is 1. The Morgan fingerprint density at radius 2 is 1.80 bits per heavy atom. The van der Waals surface area contributed by atoms with E-state index in [-0.39, 0.29) is 5.75 Å². The standard InChI is InChI=1S/C27H23Cl2FN2O3/c28-13-1-15-34-20-7-2-17(3-8-20)26-25-22(23-16-18(29)4-11-24(23)31-25)12-14-32(26)27(33)35-21-9-5-19(30)6-10-21/h2-11,16,26,31H,1,12-15H2. The Labute approximate surface area is 212 Å². The number of H-pyrrole nitrogens is 1. The molecule has 8 heteroatoms. The van der Waals surface area contributed by atoms with E-state index in [0.717, 1.165) is 39.9 Å². The van der Waals surface area contributed by atoms with Crippen molar-refractivity contribution in [2.45, 2.75) is 18.9 Å². The monoisotopic (exact) mass is 512 g/mol. The average Bonchev–Trinajstić information content (AvgIpc) is 3.23. The van der Waals surface area contributed by atoms with E-state index in [1.807, 2.05) is 42.5 Å². The van der Waals surface area contributed by atoms with Crippen molar-refractivity contribution in [3.05, 3.63) is 94.4 Å². The van der Waals surface area contributed by atoms with Gasteiger partial charge in [-0.3, -0.25) is 4.90 Å². The van der Waals surface area contributed by atoms with Gasteiger partial charge in [-0.25, -0.2) is 9.18 Å². The number of hydrogen-bond donors (Lipinski definition) is 1. The lowest BCUT2D eigenvalue weighted by Crippen LogP contribution is -2.42. The minimum absolute atomic E-state index is 0.285. The summed E-state index contributed by atoms with van der Waals surface area (Å²) in [5, 5.41) is 1.71. The van der Waals surface area contributed by atoms with Crippen LogP contribution >= 0.6 is 23.2 Å². The normalized spacial score (nSPS) is 15.2. The third kappa shape index (κ3) is 4.95. The van der Waals surface area contributed by atoms with E-state index < -0.39 is 18.0 Å². The zero-order valence-corrected chi connectivity index (χ0v) is 20.3. The van der Waals surface area contributed by atoms with Crippen LogP contribution in [0.15, 0.2) is 66.7 Å². The zero-order valence-electron chi connectivity index (χ0n) is 18.8. The number of fused-ring (bicyclic) bond motifs is 3. The molecule has 0 radical (unpaired) electrons. The molecule has 5 rings (SSSR count). The number of rotatable bonds is 6. The van der Waals surface area contributed by atoms with Gasteiger partial charge < -0.3 is 14.5 Å². The van der Waals surface area contributed by atoms with E-state index in [2.05, 4.69) is 4.98 Å². The maximum absolute atomic E-state index is 13.3. The van der Waals surface area contributed by atoms with Gasteiger partial charge >= 0.3 is 6.09 Å². The number of aromatic nitrogens is 1. The molecular weight excluding hydrogens is 490 g/mol. The molecule has 1 amide bonds. The molecule has 0 aliphatic carbocycles. The maximum Gasteiger partial charge on any atom is 0.416 e. The summed E-state index contributed by atoms with van der Waals surface area (Å²) in [6.45, 7) is 0.987. The molecule has 35 heavy (non-hydrogen) atoms. The second-order valence-corrected chi connectivity index (χ2v) is 9.15. The summed E-state index contributed by atoms with van der Waals surface area (Å²) in [7, 11) is 0. The molecule has 2 heterocycles. The molecule has 0 saturated carbocycles. The van der Waals surface area contributed by atoms with Gasteiger partial charge in [0, 0.05) is 34.0 Å². The number of halogens is 3. The number of aromatic amines is 1. The molecule has 1 N–H and O–H groups in total. The Morgan fingerprint density at radius 1 is 1.06 bits per heavy atom. The fourth-order valence-corrected chi connectivity index (χ4v) is 4.74. The molecule has 0 fully saturated rings. The molecule has 1 unspecified atom stereocenters. The summed E-state index contributed by atoms with van der Waals surface area (Å²) in [6.07, 6.45) is 0.895. The summed E-state index contributed by atoms with van der Waals surface area (Å²) in [5.74, 6) is 1.17. The first kappa shape index (κ1) is 23.5. The van der Waals surface area contributed by atoms with Gasteiger partial charge in [-0.15, -0.1) is 11.6 Å². The Morgan fingerprint density at radius 3 is 2.54 bits per heavy atom. The molecule has 0 bridgehead atoms. The number of carbonyl (C=O) groups excluding carboxylic acids is 1. The van der Waals surface area contributed by atoms with E-state index in [4.69, 9.17) is 32.7 Å². The van der Waals surface area contributed by atoms with Gasteiger partial charge in [-0.1, -0.05) is 23.7 Å². The van der Waals surface area contributed by atoms with Gasteiger partial charge in [0.2, 0.25) is 0 Å². The van der Waals surface area contributed by atoms with Crippen LogP contribution in [0.2, 0.25) is 5.02 Å². The van der Waals surface area contributed by atoms with Crippen molar-refractivity contribution < 1.29 is 18.7 Å². The highest BCUT2D eigenvalue weighted by atomic mass is 35.5. The van der Waals surface area contributed by atoms with Crippen molar-refractivity contribution in [2.75, 3.05) is 19.0 Å². The fraction of sp³-hybridized carbons (Fsp3) is 0.222. The largest absolute Gasteiger partial charge is 0.494 e. The zero-order chi connectivity index (χ0) is 24.4. The van der Waals surface area contributed by atoms with Gasteiger partial charge in [0.15, 0.2) is 0 Å². The minimum atomic E-state index is -0.508. The molecule has 1 aliphatic rings. The summed E-state index contributed by atoms with van der Waals surface area (Å²) in [4.78, 5) is 18.5. The Hall–Kier alpha value is -3.22. The first-order chi connectivity index (χ1) is 17.0. The highest BCUT2D eigenvalue weighted by molar-refractivity contribution is 6.31. The van der Waals surface area contributed by atoms with Gasteiger partial charge in [0.25, 0.3) is 0 Å². The predicted molar refractivity (Wildman–Crippen MR) is 135 cm³/mol. The van der Waals surface area contributed by atoms with Crippen LogP contribution in [-0.2, 0) is 6.42 Å². The van der Waals surface area contributed by atoms with Crippen LogP contribution in [0.1, 0.15) is 29.3 Å². The lowest BCUT2D eigenvalue weighted by atomic mass is 9.92. The second-order valence-electron chi connectivity index (χ2n) is 8.33. The van der Waals surface area contributed by atoms with E-state index in [0.29, 0.717) is 30.5 Å². The van der Waals surface area contributed by atoms with Gasteiger partial charge in [-0.2, -0.15) is 0 Å². The maximum atomic E-state index is 13.3. The van der Waals surface area contributed by atoms with E-state index >= 15 is 0 Å². The summed E-state index contributed by atoms with van der Waals surface area (Å²) >= 11 is 12.0. The van der Waals surface area contributed by atoms with Crippen molar-refractivity contribution in [3.8, 4) is 11.5 Å². The summed E-state index contributed by atoms with van der Waals surface area (Å²) < 4.78 is 24.7. The molecule has 4 aromatic rings. The van der Waals surface area contributed by atoms with Crippen LogP contribution in [0, 0.1) is 5.82 Å². The lowest BCUT2D eigenvalue weighted by molar-refractivity contribution is 0.135. The summed E-state index contributed by atoms with van der Waals surface area (Å²) in [5.41, 5.74) is 3.91. The van der Waals surface area contributed by atoms with Crippen LogP contribution in [0.5, 0.6) is 11.5 Å². The van der Waals surface area contributed by atoms with Crippen molar-refractivity contribution in [2.24, 2.45) is 0 Å². The van der Waals surface area contributed by atoms with Gasteiger partial charge in [0.1, 0.15) is 23.4 Å². The fourth-order valence-electron chi connectivity index (χ4n) is 4.46.